The van der Waals surface area contributed by atoms with E-state index in [-0.39, 0.29) is 30.5 Å². The van der Waals surface area contributed by atoms with E-state index < -0.39 is 5.60 Å². The van der Waals surface area contributed by atoms with Gasteiger partial charge in [0.25, 0.3) is 0 Å². The maximum Gasteiger partial charge on any atom is 0.191 e. The Balaban J connectivity index is 0.00000341. The van der Waals surface area contributed by atoms with Crippen LogP contribution in [0.25, 0.3) is 0 Å². The lowest BCUT2D eigenvalue weighted by molar-refractivity contribution is 0.0386. The zero-order valence-corrected chi connectivity index (χ0v) is 20.2. The number of rotatable bonds is 9. The number of hydrogen-bond donors (Lipinski definition) is 3. The summed E-state index contributed by atoms with van der Waals surface area (Å²) in [5, 5.41) is 17.0. The Morgan fingerprint density at radius 2 is 1.77 bits per heavy atom. The summed E-state index contributed by atoms with van der Waals surface area (Å²) in [4.78, 5) is 4.66. The number of guanidine groups is 1. The number of benzene rings is 2. The van der Waals surface area contributed by atoms with Crippen molar-refractivity contribution in [3.8, 4) is 5.75 Å². The Labute approximate surface area is 200 Å². The van der Waals surface area contributed by atoms with Crippen molar-refractivity contribution in [3.63, 3.8) is 0 Å². The summed E-state index contributed by atoms with van der Waals surface area (Å²) in [6, 6.07) is 21.5. The Kier molecular flexibility index (Phi) is 9.87. The third-order valence-corrected chi connectivity index (χ3v) is 4.61. The van der Waals surface area contributed by atoms with Crippen LogP contribution in [0.5, 0.6) is 5.75 Å². The second-order valence-electron chi connectivity index (χ2n) is 7.18. The number of nitrogens with zero attached hydrogens (tertiary/aromatic N) is 1. The van der Waals surface area contributed by atoms with Crippen LogP contribution < -0.4 is 15.4 Å². The second kappa shape index (κ2) is 12.4. The van der Waals surface area contributed by atoms with Crippen LogP contribution in [0, 0.1) is 0 Å². The van der Waals surface area contributed by atoms with Crippen molar-refractivity contribution < 1.29 is 14.3 Å². The van der Waals surface area contributed by atoms with Gasteiger partial charge in [-0.3, -0.25) is 0 Å². The molecule has 0 spiro atoms. The molecule has 6 nitrogen and oxygen atoms in total. The highest BCUT2D eigenvalue weighted by Gasteiger charge is 2.26. The summed E-state index contributed by atoms with van der Waals surface area (Å²) in [5.74, 6) is 1.93. The molecule has 3 N–H and O–H groups in total. The Bertz CT molecular complexity index is 928. The van der Waals surface area contributed by atoms with Gasteiger partial charge in [-0.2, -0.15) is 0 Å². The van der Waals surface area contributed by atoms with Crippen molar-refractivity contribution >= 4 is 29.9 Å². The van der Waals surface area contributed by atoms with Crippen LogP contribution in [-0.4, -0.2) is 24.2 Å². The van der Waals surface area contributed by atoms with Crippen molar-refractivity contribution in [2.45, 2.75) is 32.6 Å². The monoisotopic (exact) mass is 535 g/mol. The number of halogens is 1. The summed E-state index contributed by atoms with van der Waals surface area (Å²) in [6.07, 6.45) is 1.55. The molecule has 7 heteroatoms. The van der Waals surface area contributed by atoms with Gasteiger partial charge in [-0.1, -0.05) is 48.5 Å². The third-order valence-electron chi connectivity index (χ3n) is 4.61. The van der Waals surface area contributed by atoms with Gasteiger partial charge in [0.05, 0.1) is 19.4 Å². The van der Waals surface area contributed by atoms with Crippen LogP contribution >= 0.6 is 24.0 Å². The Hall–Kier alpha value is -2.52. The van der Waals surface area contributed by atoms with E-state index in [9.17, 15) is 5.11 Å². The topological polar surface area (TPSA) is 79.0 Å². The molecule has 3 rings (SSSR count). The molecule has 0 saturated heterocycles. The molecule has 1 heterocycles. The first-order chi connectivity index (χ1) is 14.6. The van der Waals surface area contributed by atoms with Crippen LogP contribution in [-0.2, 0) is 18.8 Å². The van der Waals surface area contributed by atoms with Gasteiger partial charge < -0.3 is 24.9 Å². The lowest BCUT2D eigenvalue weighted by atomic mass is 10.0. The van der Waals surface area contributed by atoms with E-state index in [1.54, 1.807) is 25.3 Å². The standard InChI is InChI=1S/C24H29N3O3.HI/c1-3-25-23(27-18-24(2,28)22-14-9-15-29-22)26-16-20-12-7-8-13-21(20)30-17-19-10-5-4-6-11-19;/h4-15,28H,3,16-18H2,1-2H3,(H2,25,26,27);1H. The molecule has 2 aromatic carbocycles. The molecule has 0 aliphatic heterocycles. The molecular weight excluding hydrogens is 505 g/mol. The molecule has 0 saturated carbocycles. The van der Waals surface area contributed by atoms with Gasteiger partial charge in [0.2, 0.25) is 0 Å². The van der Waals surface area contributed by atoms with Crippen molar-refractivity contribution in [3.05, 3.63) is 89.9 Å². The van der Waals surface area contributed by atoms with E-state index in [2.05, 4.69) is 15.6 Å². The maximum atomic E-state index is 10.6. The van der Waals surface area contributed by atoms with Gasteiger partial charge in [0, 0.05) is 12.1 Å². The summed E-state index contributed by atoms with van der Waals surface area (Å²) in [5.41, 5.74) is 0.963. The molecule has 0 aliphatic carbocycles. The average molecular weight is 535 g/mol. The largest absolute Gasteiger partial charge is 0.489 e. The van der Waals surface area contributed by atoms with E-state index in [0.29, 0.717) is 31.4 Å². The fraction of sp³-hybridized carbons (Fsp3) is 0.292. The minimum atomic E-state index is -1.14. The van der Waals surface area contributed by atoms with Gasteiger partial charge in [0.1, 0.15) is 23.7 Å². The second-order valence-corrected chi connectivity index (χ2v) is 7.18. The lowest BCUT2D eigenvalue weighted by Crippen LogP contribution is -2.44. The van der Waals surface area contributed by atoms with E-state index in [0.717, 1.165) is 16.9 Å². The van der Waals surface area contributed by atoms with Crippen LogP contribution in [0.3, 0.4) is 0 Å². The van der Waals surface area contributed by atoms with Gasteiger partial charge in [-0.05, 0) is 37.6 Å². The third kappa shape index (κ3) is 7.59. The van der Waals surface area contributed by atoms with Gasteiger partial charge in [-0.15, -0.1) is 24.0 Å². The molecule has 0 amide bonds. The fourth-order valence-corrected chi connectivity index (χ4v) is 2.94. The van der Waals surface area contributed by atoms with Crippen molar-refractivity contribution in [2.24, 2.45) is 4.99 Å². The highest BCUT2D eigenvalue weighted by Crippen LogP contribution is 2.21. The Morgan fingerprint density at radius 3 is 2.48 bits per heavy atom. The fourth-order valence-electron chi connectivity index (χ4n) is 2.94. The van der Waals surface area contributed by atoms with E-state index >= 15 is 0 Å². The van der Waals surface area contributed by atoms with Crippen molar-refractivity contribution in [1.82, 2.24) is 10.6 Å². The minimum Gasteiger partial charge on any atom is -0.489 e. The highest BCUT2D eigenvalue weighted by atomic mass is 127. The molecule has 166 valence electrons. The molecule has 0 aliphatic rings. The highest BCUT2D eigenvalue weighted by molar-refractivity contribution is 14.0. The van der Waals surface area contributed by atoms with Crippen LogP contribution in [0.1, 0.15) is 30.7 Å². The first-order valence-electron chi connectivity index (χ1n) is 10.1. The molecule has 0 radical (unpaired) electrons. The number of ether oxygens (including phenoxy) is 1. The molecule has 31 heavy (non-hydrogen) atoms. The smallest absolute Gasteiger partial charge is 0.191 e. The number of para-hydroxylation sites is 1. The van der Waals surface area contributed by atoms with Gasteiger partial charge in [0.15, 0.2) is 5.96 Å². The first-order valence-corrected chi connectivity index (χ1v) is 10.1. The summed E-state index contributed by atoms with van der Waals surface area (Å²) >= 11 is 0. The number of hydrogen-bond acceptors (Lipinski definition) is 4. The predicted molar refractivity (Wildman–Crippen MR) is 134 cm³/mol. The number of aliphatic imine (C=N–C) groups is 1. The van der Waals surface area contributed by atoms with Crippen LogP contribution in [0.15, 0.2) is 82.4 Å². The zero-order valence-electron chi connectivity index (χ0n) is 17.9. The summed E-state index contributed by atoms with van der Waals surface area (Å²) in [6.45, 7) is 5.63. The molecule has 0 fully saturated rings. The van der Waals surface area contributed by atoms with E-state index in [1.807, 2.05) is 61.5 Å². The van der Waals surface area contributed by atoms with Crippen LogP contribution in [0.2, 0.25) is 0 Å². The molecule has 1 unspecified atom stereocenters. The molecule has 1 atom stereocenters. The Morgan fingerprint density at radius 1 is 1.03 bits per heavy atom. The number of nitrogens with one attached hydrogen (secondary N) is 2. The molecule has 3 aromatic rings. The van der Waals surface area contributed by atoms with E-state index in [4.69, 9.17) is 9.15 Å². The summed E-state index contributed by atoms with van der Waals surface area (Å²) in [7, 11) is 0. The molecule has 0 bridgehead atoms. The van der Waals surface area contributed by atoms with Crippen molar-refractivity contribution in [1.29, 1.82) is 0 Å². The lowest BCUT2D eigenvalue weighted by Gasteiger charge is -2.22. The van der Waals surface area contributed by atoms with E-state index in [1.165, 1.54) is 0 Å². The maximum absolute atomic E-state index is 10.6. The van der Waals surface area contributed by atoms with Gasteiger partial charge in [-0.25, -0.2) is 4.99 Å². The first kappa shape index (κ1) is 24.7. The van der Waals surface area contributed by atoms with Gasteiger partial charge >= 0.3 is 0 Å². The quantitative estimate of drug-likeness (QED) is 0.215. The normalized spacial score (nSPS) is 13.1. The minimum absolute atomic E-state index is 0. The average Bonchev–Trinajstić information content (AvgIpc) is 3.32. The number of furan rings is 1. The number of aliphatic hydroxyl groups is 1. The zero-order chi connectivity index (χ0) is 21.2. The van der Waals surface area contributed by atoms with Crippen molar-refractivity contribution in [2.75, 3.05) is 13.1 Å². The summed E-state index contributed by atoms with van der Waals surface area (Å²) < 4.78 is 11.3. The predicted octanol–water partition coefficient (Wildman–Crippen LogP) is 4.44. The van der Waals surface area contributed by atoms with Crippen LogP contribution in [0.4, 0.5) is 0 Å². The SMILES string of the molecule is CCNC(=NCc1ccccc1OCc1ccccc1)NCC(C)(O)c1ccco1.I. The molecule has 1 aromatic heterocycles. The molecular formula is C24H30IN3O3.